The summed E-state index contributed by atoms with van der Waals surface area (Å²) >= 11 is 17.1. The number of hydrogen-bond acceptors (Lipinski definition) is 2. The van der Waals surface area contributed by atoms with Crippen molar-refractivity contribution in [3.63, 3.8) is 0 Å². The van der Waals surface area contributed by atoms with Gasteiger partial charge in [0.2, 0.25) is 0 Å². The molecule has 21 heavy (non-hydrogen) atoms. The minimum atomic E-state index is 0.0704. The van der Waals surface area contributed by atoms with Crippen molar-refractivity contribution in [2.45, 2.75) is 0 Å². The summed E-state index contributed by atoms with van der Waals surface area (Å²) in [5, 5.41) is 10.2. The van der Waals surface area contributed by atoms with E-state index in [2.05, 4.69) is 0 Å². The maximum atomic E-state index is 9.02. The number of hydrogen-bond donors (Lipinski definition) is 1. The van der Waals surface area contributed by atoms with Crippen LogP contribution in [0.15, 0.2) is 35.9 Å². The van der Waals surface area contributed by atoms with Crippen LogP contribution in [-0.4, -0.2) is 9.56 Å². The molecule has 2 aromatic rings. The van der Waals surface area contributed by atoms with Crippen molar-refractivity contribution < 1.29 is 0 Å². The van der Waals surface area contributed by atoms with E-state index in [0.717, 1.165) is 17.0 Å². The van der Waals surface area contributed by atoms with Gasteiger partial charge in [-0.15, -0.1) is 0 Å². The highest BCUT2D eigenvalue weighted by molar-refractivity contribution is 7.80. The van der Waals surface area contributed by atoms with E-state index in [9.17, 15) is 0 Å². The van der Waals surface area contributed by atoms with Crippen LogP contribution >= 0.6 is 35.4 Å². The second-order valence-electron chi connectivity index (χ2n) is 4.36. The smallest absolute Gasteiger partial charge is 0.114 e. The lowest BCUT2D eigenvalue weighted by Gasteiger charge is -2.08. The molecule has 1 heterocycles. The summed E-state index contributed by atoms with van der Waals surface area (Å²) in [7, 11) is 1.87. The second kappa shape index (κ2) is 6.31. The molecule has 0 radical (unpaired) electrons. The number of nitrogens with two attached hydrogens (primary N) is 1. The van der Waals surface area contributed by atoms with E-state index < -0.39 is 0 Å². The van der Waals surface area contributed by atoms with Gasteiger partial charge in [0.25, 0.3) is 0 Å². The van der Waals surface area contributed by atoms with Gasteiger partial charge >= 0.3 is 0 Å². The highest BCUT2D eigenvalue weighted by atomic mass is 35.5. The minimum absolute atomic E-state index is 0.0704. The van der Waals surface area contributed by atoms with Gasteiger partial charge in [0, 0.05) is 34.0 Å². The van der Waals surface area contributed by atoms with Gasteiger partial charge < -0.3 is 10.3 Å². The first-order valence-corrected chi connectivity index (χ1v) is 7.13. The normalized spacial score (nSPS) is 11.2. The summed E-state index contributed by atoms with van der Waals surface area (Å²) in [5.74, 6) is 0. The summed E-state index contributed by atoms with van der Waals surface area (Å²) in [6.07, 6.45) is 1.64. The molecular formula is C15H11Cl2N3S. The van der Waals surface area contributed by atoms with Gasteiger partial charge in [-0.05, 0) is 36.4 Å². The molecule has 3 nitrogen and oxygen atoms in total. The summed E-state index contributed by atoms with van der Waals surface area (Å²) in [5.41, 5.74) is 8.26. The van der Waals surface area contributed by atoms with Crippen molar-refractivity contribution in [2.24, 2.45) is 12.8 Å². The molecule has 0 aliphatic heterocycles. The molecule has 0 unspecified atom stereocenters. The minimum Gasteiger partial charge on any atom is -0.389 e. The Morgan fingerprint density at radius 3 is 2.67 bits per heavy atom. The Kier molecular flexibility index (Phi) is 4.69. The zero-order valence-electron chi connectivity index (χ0n) is 11.1. The molecule has 0 aliphatic rings. The first kappa shape index (κ1) is 15.6. The van der Waals surface area contributed by atoms with Gasteiger partial charge in [-0.1, -0.05) is 35.4 Å². The Morgan fingerprint density at radius 1 is 1.33 bits per heavy atom. The molecule has 2 N–H and O–H groups in total. The third kappa shape index (κ3) is 3.27. The Labute approximate surface area is 138 Å². The van der Waals surface area contributed by atoms with Crippen LogP contribution in [-0.2, 0) is 7.05 Å². The summed E-state index contributed by atoms with van der Waals surface area (Å²) in [6.45, 7) is 0. The molecule has 6 heteroatoms. The van der Waals surface area contributed by atoms with Gasteiger partial charge in [0.1, 0.15) is 11.1 Å². The standard InChI is InChI=1S/C15H11Cl2N3S/c1-20-11(6-9(8-18)15(19)21)3-5-14(20)12-7-10(16)2-4-13(12)17/h2-7H,1H3,(H2,19,21)/b9-6-. The molecule has 0 fully saturated rings. The van der Waals surface area contributed by atoms with Crippen LogP contribution in [0.5, 0.6) is 0 Å². The Bertz CT molecular complexity index is 785. The monoisotopic (exact) mass is 335 g/mol. The van der Waals surface area contributed by atoms with E-state index in [1.54, 1.807) is 24.3 Å². The fraction of sp³-hybridized carbons (Fsp3) is 0.0667. The second-order valence-corrected chi connectivity index (χ2v) is 5.64. The first-order chi connectivity index (χ1) is 9.93. The van der Waals surface area contributed by atoms with Crippen molar-refractivity contribution >= 4 is 46.5 Å². The number of rotatable bonds is 3. The largest absolute Gasteiger partial charge is 0.389 e. The first-order valence-electron chi connectivity index (χ1n) is 5.96. The molecule has 0 bridgehead atoms. The third-order valence-corrected chi connectivity index (χ3v) is 3.83. The number of nitriles is 1. The molecule has 0 amide bonds. The zero-order valence-corrected chi connectivity index (χ0v) is 13.4. The summed E-state index contributed by atoms with van der Waals surface area (Å²) in [6, 6.07) is 11.0. The molecule has 0 aliphatic carbocycles. The highest BCUT2D eigenvalue weighted by Gasteiger charge is 2.11. The fourth-order valence-corrected chi connectivity index (χ4v) is 2.43. The van der Waals surface area contributed by atoms with E-state index in [1.807, 2.05) is 29.8 Å². The predicted molar refractivity (Wildman–Crippen MR) is 91.2 cm³/mol. The van der Waals surface area contributed by atoms with E-state index in [-0.39, 0.29) is 10.6 Å². The zero-order chi connectivity index (χ0) is 15.6. The summed E-state index contributed by atoms with van der Waals surface area (Å²) in [4.78, 5) is 0.0704. The molecule has 0 atom stereocenters. The number of halogens is 2. The van der Waals surface area contributed by atoms with Gasteiger partial charge in [0.05, 0.1) is 5.57 Å². The van der Waals surface area contributed by atoms with Crippen molar-refractivity contribution in [1.82, 2.24) is 4.57 Å². The lowest BCUT2D eigenvalue weighted by molar-refractivity contribution is 0.924. The quantitative estimate of drug-likeness (QED) is 0.519. The SMILES string of the molecule is Cn1c(/C=C(/C#N)C(N)=S)ccc1-c1cc(Cl)ccc1Cl. The average molecular weight is 336 g/mol. The molecule has 0 spiro atoms. The van der Waals surface area contributed by atoms with Crippen LogP contribution in [0.25, 0.3) is 17.3 Å². The van der Waals surface area contributed by atoms with Crippen LogP contribution in [0.3, 0.4) is 0 Å². The topological polar surface area (TPSA) is 54.7 Å². The van der Waals surface area contributed by atoms with E-state index in [1.165, 1.54) is 0 Å². The van der Waals surface area contributed by atoms with Gasteiger partial charge in [-0.3, -0.25) is 0 Å². The third-order valence-electron chi connectivity index (χ3n) is 3.04. The van der Waals surface area contributed by atoms with Gasteiger partial charge in [-0.25, -0.2) is 0 Å². The maximum Gasteiger partial charge on any atom is 0.114 e. The Balaban J connectivity index is 2.54. The predicted octanol–water partition coefficient (Wildman–Crippen LogP) is 4.19. The van der Waals surface area contributed by atoms with Crippen molar-refractivity contribution in [2.75, 3.05) is 0 Å². The lowest BCUT2D eigenvalue weighted by Crippen LogP contribution is -2.10. The van der Waals surface area contributed by atoms with Crippen LogP contribution in [0.2, 0.25) is 10.0 Å². The molecule has 2 rings (SSSR count). The van der Waals surface area contributed by atoms with E-state index in [0.29, 0.717) is 10.0 Å². The number of nitrogens with zero attached hydrogens (tertiary/aromatic N) is 2. The van der Waals surface area contributed by atoms with E-state index >= 15 is 0 Å². The van der Waals surface area contributed by atoms with Crippen LogP contribution in [0.1, 0.15) is 5.69 Å². The van der Waals surface area contributed by atoms with Gasteiger partial charge in [-0.2, -0.15) is 5.26 Å². The highest BCUT2D eigenvalue weighted by Crippen LogP contribution is 2.31. The molecule has 0 saturated carbocycles. The number of thiocarbonyl (C=S) groups is 1. The van der Waals surface area contributed by atoms with Crippen LogP contribution < -0.4 is 5.73 Å². The fourth-order valence-electron chi connectivity index (χ4n) is 1.94. The Hall–Kier alpha value is -1.80. The number of aromatic nitrogens is 1. The molecular weight excluding hydrogens is 325 g/mol. The van der Waals surface area contributed by atoms with Gasteiger partial charge in [0.15, 0.2) is 0 Å². The molecule has 0 saturated heterocycles. The average Bonchev–Trinajstić information content (AvgIpc) is 2.79. The maximum absolute atomic E-state index is 9.02. The molecule has 106 valence electrons. The van der Waals surface area contributed by atoms with Crippen molar-refractivity contribution in [1.29, 1.82) is 5.26 Å². The molecule has 1 aromatic heterocycles. The van der Waals surface area contributed by atoms with Crippen molar-refractivity contribution in [3.05, 3.63) is 51.6 Å². The molecule has 1 aromatic carbocycles. The number of benzene rings is 1. The Morgan fingerprint density at radius 2 is 2.05 bits per heavy atom. The lowest BCUT2D eigenvalue weighted by atomic mass is 10.1. The van der Waals surface area contributed by atoms with Crippen LogP contribution in [0.4, 0.5) is 0 Å². The van der Waals surface area contributed by atoms with Crippen molar-refractivity contribution in [3.8, 4) is 17.3 Å². The van der Waals surface area contributed by atoms with E-state index in [4.69, 9.17) is 46.4 Å². The van der Waals surface area contributed by atoms with Crippen LogP contribution in [0, 0.1) is 11.3 Å². The summed E-state index contributed by atoms with van der Waals surface area (Å²) < 4.78 is 1.90.